The largest absolute Gasteiger partial charge is 0.344 e. The molecular formula is C16H18N8O2. The van der Waals surface area contributed by atoms with Crippen LogP contribution in [0.2, 0.25) is 0 Å². The van der Waals surface area contributed by atoms with E-state index in [4.69, 9.17) is 0 Å². The molecule has 0 aliphatic carbocycles. The summed E-state index contributed by atoms with van der Waals surface area (Å²) in [6.07, 6.45) is 4.89. The molecule has 0 saturated heterocycles. The van der Waals surface area contributed by atoms with E-state index in [0.29, 0.717) is 17.9 Å². The highest BCUT2D eigenvalue weighted by Gasteiger charge is 2.17. The first-order valence-corrected chi connectivity index (χ1v) is 7.96. The first-order chi connectivity index (χ1) is 12.5. The van der Waals surface area contributed by atoms with Gasteiger partial charge in [0.2, 0.25) is 0 Å². The third-order valence-corrected chi connectivity index (χ3v) is 3.69. The first kappa shape index (κ1) is 17.3. The Balaban J connectivity index is 1.63. The number of aromatic nitrogens is 6. The van der Waals surface area contributed by atoms with Gasteiger partial charge < -0.3 is 10.6 Å². The Morgan fingerprint density at radius 1 is 1.27 bits per heavy atom. The number of hydrogen-bond donors (Lipinski definition) is 2. The SMILES string of the molecule is Cc1ccc(-n2cnnn2)cc1NC(=O)C(=O)N[C@H](C)Cn1cccn1. The third-order valence-electron chi connectivity index (χ3n) is 3.69. The summed E-state index contributed by atoms with van der Waals surface area (Å²) < 4.78 is 3.14. The molecule has 2 heterocycles. The van der Waals surface area contributed by atoms with E-state index >= 15 is 0 Å². The zero-order valence-electron chi connectivity index (χ0n) is 14.3. The smallest absolute Gasteiger partial charge is 0.313 e. The maximum Gasteiger partial charge on any atom is 0.313 e. The van der Waals surface area contributed by atoms with E-state index in [-0.39, 0.29) is 6.04 Å². The normalized spacial score (nSPS) is 11.8. The molecule has 2 amide bonds. The number of aryl methyl sites for hydroxylation is 1. The maximum absolute atomic E-state index is 12.2. The summed E-state index contributed by atoms with van der Waals surface area (Å²) >= 11 is 0. The molecule has 0 bridgehead atoms. The fourth-order valence-corrected chi connectivity index (χ4v) is 2.37. The molecule has 2 N–H and O–H groups in total. The van der Waals surface area contributed by atoms with Gasteiger partial charge in [0.1, 0.15) is 6.33 Å². The first-order valence-electron chi connectivity index (χ1n) is 7.96. The number of hydrogen-bond acceptors (Lipinski definition) is 6. The third kappa shape index (κ3) is 4.09. The minimum absolute atomic E-state index is 0.248. The van der Waals surface area contributed by atoms with Crippen molar-refractivity contribution in [3.63, 3.8) is 0 Å². The Hall–Kier alpha value is -3.56. The molecule has 0 aliphatic heterocycles. The average Bonchev–Trinajstić information content (AvgIpc) is 3.30. The van der Waals surface area contributed by atoms with Crippen LogP contribution in [0.1, 0.15) is 12.5 Å². The van der Waals surface area contributed by atoms with Crippen LogP contribution in [-0.4, -0.2) is 47.8 Å². The van der Waals surface area contributed by atoms with Crippen molar-refractivity contribution in [2.75, 3.05) is 5.32 Å². The Kier molecular flexibility index (Phi) is 5.02. The van der Waals surface area contributed by atoms with Crippen LogP contribution < -0.4 is 10.6 Å². The van der Waals surface area contributed by atoms with Gasteiger partial charge in [0, 0.05) is 24.1 Å². The second-order valence-electron chi connectivity index (χ2n) is 5.81. The highest BCUT2D eigenvalue weighted by atomic mass is 16.2. The summed E-state index contributed by atoms with van der Waals surface area (Å²) in [5, 5.41) is 20.3. The van der Waals surface area contributed by atoms with Gasteiger partial charge in [-0.15, -0.1) is 5.10 Å². The lowest BCUT2D eigenvalue weighted by molar-refractivity contribution is -0.136. The van der Waals surface area contributed by atoms with Crippen LogP contribution in [-0.2, 0) is 16.1 Å². The van der Waals surface area contributed by atoms with Gasteiger partial charge in [-0.2, -0.15) is 5.10 Å². The minimum Gasteiger partial charge on any atom is -0.344 e. The fourth-order valence-electron chi connectivity index (χ4n) is 2.37. The van der Waals surface area contributed by atoms with Crippen molar-refractivity contribution < 1.29 is 9.59 Å². The standard InChI is InChI=1S/C16H18N8O2/c1-11-4-5-13(24-10-17-21-22-24)8-14(11)20-16(26)15(25)19-12(2)9-23-7-3-6-18-23/h3-8,10,12H,9H2,1-2H3,(H,19,25)(H,20,26)/t12-/m1/s1. The van der Waals surface area contributed by atoms with Gasteiger partial charge in [-0.1, -0.05) is 6.07 Å². The van der Waals surface area contributed by atoms with Crippen LogP contribution >= 0.6 is 0 Å². The summed E-state index contributed by atoms with van der Waals surface area (Å²) in [6, 6.07) is 6.87. The Morgan fingerprint density at radius 3 is 2.81 bits per heavy atom. The van der Waals surface area contributed by atoms with Crippen LogP contribution in [0, 0.1) is 6.92 Å². The van der Waals surface area contributed by atoms with Gasteiger partial charge in [0.25, 0.3) is 0 Å². The van der Waals surface area contributed by atoms with Crippen LogP contribution in [0.3, 0.4) is 0 Å². The highest BCUT2D eigenvalue weighted by molar-refractivity contribution is 6.39. The number of carbonyl (C=O) groups excluding carboxylic acids is 2. The van der Waals surface area contributed by atoms with Crippen molar-refractivity contribution in [3.8, 4) is 5.69 Å². The van der Waals surface area contributed by atoms with Crippen LogP contribution in [0.5, 0.6) is 0 Å². The summed E-state index contributed by atoms with van der Waals surface area (Å²) in [4.78, 5) is 24.3. The molecule has 1 aromatic carbocycles. The molecule has 0 fully saturated rings. The number of nitrogens with one attached hydrogen (secondary N) is 2. The van der Waals surface area contributed by atoms with Gasteiger partial charge in [0.05, 0.1) is 12.2 Å². The minimum atomic E-state index is -0.741. The van der Waals surface area contributed by atoms with Gasteiger partial charge in [-0.25, -0.2) is 4.68 Å². The van der Waals surface area contributed by atoms with Crippen molar-refractivity contribution in [3.05, 3.63) is 48.5 Å². The summed E-state index contributed by atoms with van der Waals surface area (Å²) in [6.45, 7) is 4.10. The van der Waals surface area contributed by atoms with E-state index in [1.165, 1.54) is 11.0 Å². The van der Waals surface area contributed by atoms with Gasteiger partial charge in [-0.3, -0.25) is 14.3 Å². The second kappa shape index (κ2) is 7.55. The van der Waals surface area contributed by atoms with Crippen LogP contribution in [0.15, 0.2) is 43.0 Å². The molecule has 3 aromatic rings. The summed E-state index contributed by atoms with van der Waals surface area (Å²) in [7, 11) is 0. The quantitative estimate of drug-likeness (QED) is 0.637. The monoisotopic (exact) mass is 354 g/mol. The molecule has 0 saturated carbocycles. The number of tetrazole rings is 1. The molecule has 26 heavy (non-hydrogen) atoms. The molecule has 0 spiro atoms. The van der Waals surface area contributed by atoms with E-state index in [1.807, 2.05) is 19.1 Å². The number of nitrogens with zero attached hydrogens (tertiary/aromatic N) is 6. The van der Waals surface area contributed by atoms with Crippen molar-refractivity contribution in [1.82, 2.24) is 35.3 Å². The van der Waals surface area contributed by atoms with E-state index in [9.17, 15) is 9.59 Å². The Morgan fingerprint density at radius 2 is 2.12 bits per heavy atom. The number of anilines is 1. The number of carbonyl (C=O) groups is 2. The lowest BCUT2D eigenvalue weighted by Gasteiger charge is -2.14. The lowest BCUT2D eigenvalue weighted by atomic mass is 10.1. The molecule has 3 rings (SSSR count). The van der Waals surface area contributed by atoms with Crippen molar-refractivity contribution in [2.24, 2.45) is 0 Å². The summed E-state index contributed by atoms with van der Waals surface area (Å²) in [5.41, 5.74) is 1.99. The molecule has 10 nitrogen and oxygen atoms in total. The Bertz CT molecular complexity index is 889. The highest BCUT2D eigenvalue weighted by Crippen LogP contribution is 2.18. The molecule has 0 aliphatic rings. The van der Waals surface area contributed by atoms with Crippen molar-refractivity contribution in [2.45, 2.75) is 26.4 Å². The van der Waals surface area contributed by atoms with Gasteiger partial charge in [-0.05, 0) is 48.0 Å². The zero-order chi connectivity index (χ0) is 18.5. The lowest BCUT2D eigenvalue weighted by Crippen LogP contribution is -2.42. The van der Waals surface area contributed by atoms with Crippen molar-refractivity contribution >= 4 is 17.5 Å². The number of amides is 2. The van der Waals surface area contributed by atoms with Crippen LogP contribution in [0.25, 0.3) is 5.69 Å². The Labute approximate surface area is 149 Å². The van der Waals surface area contributed by atoms with Gasteiger partial charge >= 0.3 is 11.8 Å². The van der Waals surface area contributed by atoms with E-state index in [1.54, 1.807) is 36.1 Å². The molecule has 134 valence electrons. The van der Waals surface area contributed by atoms with E-state index in [0.717, 1.165) is 5.56 Å². The number of rotatable bonds is 5. The topological polar surface area (TPSA) is 120 Å². The predicted octanol–water partition coefficient (Wildman–Crippen LogP) is 0.311. The zero-order valence-corrected chi connectivity index (χ0v) is 14.3. The van der Waals surface area contributed by atoms with E-state index < -0.39 is 11.8 Å². The summed E-state index contributed by atoms with van der Waals surface area (Å²) in [5.74, 6) is -1.45. The van der Waals surface area contributed by atoms with Crippen LogP contribution in [0.4, 0.5) is 5.69 Å². The number of benzene rings is 1. The van der Waals surface area contributed by atoms with E-state index in [2.05, 4.69) is 31.3 Å². The molecular weight excluding hydrogens is 336 g/mol. The fraction of sp³-hybridized carbons (Fsp3) is 0.250. The molecule has 10 heteroatoms. The molecule has 0 radical (unpaired) electrons. The van der Waals surface area contributed by atoms with Crippen molar-refractivity contribution in [1.29, 1.82) is 0 Å². The predicted molar refractivity (Wildman–Crippen MR) is 92.4 cm³/mol. The molecule has 2 aromatic heterocycles. The molecule has 0 unspecified atom stereocenters. The average molecular weight is 354 g/mol. The second-order valence-corrected chi connectivity index (χ2v) is 5.81. The maximum atomic E-state index is 12.2. The van der Waals surface area contributed by atoms with Gasteiger partial charge in [0.15, 0.2) is 0 Å². The molecule has 1 atom stereocenters.